The summed E-state index contributed by atoms with van der Waals surface area (Å²) in [6.45, 7) is -0.166. The van der Waals surface area contributed by atoms with Gasteiger partial charge in [-0.1, -0.05) is 11.6 Å². The molecule has 0 fully saturated rings. The summed E-state index contributed by atoms with van der Waals surface area (Å²) >= 11 is 12.4. The van der Waals surface area contributed by atoms with Crippen LogP contribution in [-0.4, -0.2) is 18.8 Å². The van der Waals surface area contributed by atoms with Crippen LogP contribution in [0.5, 0.6) is 5.75 Å². The predicted molar refractivity (Wildman–Crippen MR) is 92.8 cm³/mol. The Morgan fingerprint density at radius 3 is 2.32 bits per heavy atom. The molecule has 2 aromatic rings. The number of carbonyl (C=O) groups excluding carboxylic acids is 2. The van der Waals surface area contributed by atoms with Crippen LogP contribution in [0.3, 0.4) is 0 Å². The van der Waals surface area contributed by atoms with Crippen LogP contribution in [-0.2, 0) is 4.79 Å². The van der Waals surface area contributed by atoms with E-state index in [1.165, 1.54) is 0 Å². The molecule has 4 nitrogen and oxygen atoms in total. The zero-order valence-corrected chi connectivity index (χ0v) is 15.0. The Morgan fingerprint density at radius 2 is 1.77 bits per heavy atom. The first-order valence-corrected chi connectivity index (χ1v) is 8.08. The summed E-state index contributed by atoms with van der Waals surface area (Å²) in [4.78, 5) is 22.6. The van der Waals surface area contributed by atoms with Gasteiger partial charge in [0.2, 0.25) is 0 Å². The van der Waals surface area contributed by atoms with Gasteiger partial charge in [-0.3, -0.25) is 9.59 Å². The van der Waals surface area contributed by atoms with Gasteiger partial charge in [0.15, 0.2) is 6.61 Å². The minimum atomic E-state index is -0.305. The molecule has 0 saturated carbocycles. The molecule has 0 aliphatic heterocycles. The minimum absolute atomic E-state index is 0.166. The second kappa shape index (κ2) is 7.76. The van der Waals surface area contributed by atoms with Crippen molar-refractivity contribution in [3.63, 3.8) is 0 Å². The van der Waals surface area contributed by atoms with E-state index < -0.39 is 0 Å². The fourth-order valence-corrected chi connectivity index (χ4v) is 3.23. The van der Waals surface area contributed by atoms with Crippen molar-refractivity contribution in [2.75, 3.05) is 11.9 Å². The first-order chi connectivity index (χ1) is 10.5. The van der Waals surface area contributed by atoms with E-state index in [9.17, 15) is 9.59 Å². The van der Waals surface area contributed by atoms with Gasteiger partial charge in [0.25, 0.3) is 5.91 Å². The zero-order valence-electron chi connectivity index (χ0n) is 11.1. The summed E-state index contributed by atoms with van der Waals surface area (Å²) in [6, 6.07) is 10.00. The maximum absolute atomic E-state index is 11.9. The number of nitrogens with one attached hydrogen (secondary N) is 1. The van der Waals surface area contributed by atoms with Crippen molar-refractivity contribution in [2.24, 2.45) is 0 Å². The van der Waals surface area contributed by atoms with E-state index in [2.05, 4.69) is 37.2 Å². The van der Waals surface area contributed by atoms with Crippen LogP contribution < -0.4 is 10.1 Å². The van der Waals surface area contributed by atoms with E-state index >= 15 is 0 Å². The lowest BCUT2D eigenvalue weighted by atomic mass is 10.2. The highest BCUT2D eigenvalue weighted by Gasteiger charge is 2.11. The predicted octanol–water partition coefficient (Wildman–Crippen LogP) is 4.70. The number of halogens is 3. The van der Waals surface area contributed by atoms with E-state index in [1.54, 1.807) is 36.4 Å². The highest BCUT2D eigenvalue weighted by molar-refractivity contribution is 9.11. The molecule has 0 aromatic heterocycles. The Kier molecular flexibility index (Phi) is 5.99. The fraction of sp³-hybridized carbons (Fsp3) is 0.0667. The van der Waals surface area contributed by atoms with Crippen LogP contribution in [0, 0.1) is 0 Å². The average molecular weight is 448 g/mol. The van der Waals surface area contributed by atoms with E-state index in [4.69, 9.17) is 16.3 Å². The average Bonchev–Trinajstić information content (AvgIpc) is 2.48. The standard InChI is InChI=1S/C15H10Br2ClNO3/c16-12-5-9(7-20)6-13(17)15(12)22-8-14(21)19-11-3-1-10(18)2-4-11/h1-7H,8H2,(H,19,21). The Balaban J connectivity index is 1.99. The summed E-state index contributed by atoms with van der Waals surface area (Å²) in [5.74, 6) is 0.150. The van der Waals surface area contributed by atoms with Crippen molar-refractivity contribution in [1.82, 2.24) is 0 Å². The molecule has 0 heterocycles. The van der Waals surface area contributed by atoms with Crippen molar-refractivity contribution < 1.29 is 14.3 Å². The van der Waals surface area contributed by atoms with Gasteiger partial charge < -0.3 is 10.1 Å². The molecule has 1 N–H and O–H groups in total. The molecule has 0 aliphatic rings. The van der Waals surface area contributed by atoms with Crippen molar-refractivity contribution in [2.45, 2.75) is 0 Å². The molecule has 2 rings (SSSR count). The van der Waals surface area contributed by atoms with Gasteiger partial charge in [-0.25, -0.2) is 0 Å². The Morgan fingerprint density at radius 1 is 1.18 bits per heavy atom. The Labute approximate surface area is 149 Å². The number of benzene rings is 2. The molecule has 0 atom stereocenters. The van der Waals surface area contributed by atoms with Gasteiger partial charge in [0, 0.05) is 16.3 Å². The third-order valence-corrected chi connectivity index (χ3v) is 4.06. The van der Waals surface area contributed by atoms with Crippen LogP contribution in [0.25, 0.3) is 0 Å². The molecular formula is C15H10Br2ClNO3. The third kappa shape index (κ3) is 4.56. The number of aldehydes is 1. The first-order valence-electron chi connectivity index (χ1n) is 6.12. The number of rotatable bonds is 5. The largest absolute Gasteiger partial charge is 0.481 e. The quantitative estimate of drug-likeness (QED) is 0.677. The SMILES string of the molecule is O=Cc1cc(Br)c(OCC(=O)Nc2ccc(Cl)cc2)c(Br)c1. The number of anilines is 1. The first kappa shape index (κ1) is 17.0. The molecule has 0 unspecified atom stereocenters. The monoisotopic (exact) mass is 445 g/mol. The summed E-state index contributed by atoms with van der Waals surface area (Å²) in [5.41, 5.74) is 1.13. The summed E-state index contributed by atoms with van der Waals surface area (Å²) < 4.78 is 6.65. The van der Waals surface area contributed by atoms with Crippen LogP contribution in [0.1, 0.15) is 10.4 Å². The number of hydrogen-bond acceptors (Lipinski definition) is 3. The van der Waals surface area contributed by atoms with Crippen molar-refractivity contribution >= 4 is 61.3 Å². The lowest BCUT2D eigenvalue weighted by molar-refractivity contribution is -0.118. The maximum atomic E-state index is 11.9. The molecule has 0 saturated heterocycles. The summed E-state index contributed by atoms with van der Waals surface area (Å²) in [7, 11) is 0. The second-order valence-electron chi connectivity index (χ2n) is 4.28. The van der Waals surface area contributed by atoms with E-state index in [0.717, 1.165) is 6.29 Å². The van der Waals surface area contributed by atoms with Gasteiger partial charge >= 0.3 is 0 Å². The lowest BCUT2D eigenvalue weighted by Gasteiger charge is -2.11. The Bertz CT molecular complexity index is 681. The van der Waals surface area contributed by atoms with Crippen molar-refractivity contribution in [1.29, 1.82) is 0 Å². The molecular weight excluding hydrogens is 437 g/mol. The molecule has 2 aromatic carbocycles. The van der Waals surface area contributed by atoms with Crippen LogP contribution in [0.4, 0.5) is 5.69 Å². The van der Waals surface area contributed by atoms with Crippen molar-refractivity contribution in [3.8, 4) is 5.75 Å². The van der Waals surface area contributed by atoms with Crippen LogP contribution >= 0.6 is 43.5 Å². The highest BCUT2D eigenvalue weighted by Crippen LogP contribution is 2.34. The smallest absolute Gasteiger partial charge is 0.262 e. The summed E-state index contributed by atoms with van der Waals surface area (Å²) in [5, 5.41) is 3.29. The Hall–Kier alpha value is -1.37. The normalized spacial score (nSPS) is 10.1. The van der Waals surface area contributed by atoms with E-state index in [-0.39, 0.29) is 12.5 Å². The molecule has 1 amide bonds. The number of carbonyl (C=O) groups is 2. The van der Waals surface area contributed by atoms with Gasteiger partial charge in [-0.05, 0) is 68.3 Å². The molecule has 0 radical (unpaired) electrons. The van der Waals surface area contributed by atoms with Crippen molar-refractivity contribution in [3.05, 3.63) is 55.9 Å². The molecule has 0 aliphatic carbocycles. The van der Waals surface area contributed by atoms with Crippen LogP contribution in [0.15, 0.2) is 45.3 Å². The van der Waals surface area contributed by atoms with E-state index in [0.29, 0.717) is 31.0 Å². The molecule has 22 heavy (non-hydrogen) atoms. The van der Waals surface area contributed by atoms with Gasteiger partial charge in [-0.15, -0.1) is 0 Å². The highest BCUT2D eigenvalue weighted by atomic mass is 79.9. The van der Waals surface area contributed by atoms with Gasteiger partial charge in [0.1, 0.15) is 12.0 Å². The second-order valence-corrected chi connectivity index (χ2v) is 6.42. The number of amides is 1. The summed E-state index contributed by atoms with van der Waals surface area (Å²) in [6.07, 6.45) is 0.729. The molecule has 7 heteroatoms. The third-order valence-electron chi connectivity index (χ3n) is 2.63. The molecule has 114 valence electrons. The molecule has 0 spiro atoms. The van der Waals surface area contributed by atoms with Crippen LogP contribution in [0.2, 0.25) is 5.02 Å². The number of hydrogen-bond donors (Lipinski definition) is 1. The van der Waals surface area contributed by atoms with Gasteiger partial charge in [-0.2, -0.15) is 0 Å². The van der Waals surface area contributed by atoms with E-state index in [1.807, 2.05) is 0 Å². The molecule has 0 bridgehead atoms. The number of ether oxygens (including phenoxy) is 1. The maximum Gasteiger partial charge on any atom is 0.262 e. The lowest BCUT2D eigenvalue weighted by Crippen LogP contribution is -2.20. The fourth-order valence-electron chi connectivity index (χ4n) is 1.65. The topological polar surface area (TPSA) is 55.4 Å². The van der Waals surface area contributed by atoms with Gasteiger partial charge in [0.05, 0.1) is 8.95 Å². The minimum Gasteiger partial charge on any atom is -0.481 e. The zero-order chi connectivity index (χ0) is 16.1.